The highest BCUT2D eigenvalue weighted by Crippen LogP contribution is 2.26. The molecule has 3 N–H and O–H groups in total. The number of rotatable bonds is 2. The molecule has 1 amide bonds. The molecule has 2 rings (SSSR count). The van der Waals surface area contributed by atoms with Crippen LogP contribution in [0.3, 0.4) is 0 Å². The summed E-state index contributed by atoms with van der Waals surface area (Å²) in [5.74, 6) is 0.162. The van der Waals surface area contributed by atoms with Gasteiger partial charge in [0, 0.05) is 23.9 Å². The number of likely N-dealkylation sites (tertiary alicyclic amines) is 1. The molecule has 1 aromatic heterocycles. The van der Waals surface area contributed by atoms with Gasteiger partial charge in [-0.3, -0.25) is 4.79 Å². The van der Waals surface area contributed by atoms with Crippen molar-refractivity contribution in [2.24, 2.45) is 5.73 Å². The van der Waals surface area contributed by atoms with Crippen LogP contribution in [0.2, 0.25) is 0 Å². The Hall–Kier alpha value is -1.29. The largest absolute Gasteiger partial charge is 0.366 e. The Morgan fingerprint density at radius 3 is 2.94 bits per heavy atom. The van der Waals surface area contributed by atoms with Gasteiger partial charge >= 0.3 is 0 Å². The maximum atomic E-state index is 11.2. The highest BCUT2D eigenvalue weighted by atomic mass is 16.1. The van der Waals surface area contributed by atoms with Crippen molar-refractivity contribution in [1.82, 2.24) is 9.88 Å². The summed E-state index contributed by atoms with van der Waals surface area (Å²) in [5, 5.41) is 0. The number of aryl methyl sites for hydroxylation is 1. The summed E-state index contributed by atoms with van der Waals surface area (Å²) >= 11 is 0. The third kappa shape index (κ3) is 2.11. The van der Waals surface area contributed by atoms with Crippen LogP contribution in [-0.4, -0.2) is 35.9 Å². The van der Waals surface area contributed by atoms with Crippen molar-refractivity contribution < 1.29 is 4.79 Å². The van der Waals surface area contributed by atoms with Gasteiger partial charge in [-0.15, -0.1) is 0 Å². The van der Waals surface area contributed by atoms with Crippen molar-refractivity contribution in [3.8, 4) is 0 Å². The number of aromatic amines is 1. The van der Waals surface area contributed by atoms with E-state index in [2.05, 4.69) is 16.9 Å². The van der Waals surface area contributed by atoms with Crippen LogP contribution in [0.5, 0.6) is 0 Å². The zero-order valence-electron chi connectivity index (χ0n) is 9.92. The standard InChI is InChI=1S/C12H19N3O/c1-8-10(12(13)16)6-11(14-8)9-4-3-5-15(2)7-9/h6,9,14H,3-5,7H2,1-2H3,(H2,13,16). The molecule has 4 nitrogen and oxygen atoms in total. The average molecular weight is 221 g/mol. The predicted octanol–water partition coefficient (Wildman–Crippen LogP) is 1.23. The van der Waals surface area contributed by atoms with Gasteiger partial charge < -0.3 is 15.6 Å². The maximum absolute atomic E-state index is 11.2. The SMILES string of the molecule is Cc1[nH]c(C2CCCN(C)C2)cc1C(N)=O. The van der Waals surface area contributed by atoms with Crippen molar-refractivity contribution in [2.75, 3.05) is 20.1 Å². The maximum Gasteiger partial charge on any atom is 0.250 e. The van der Waals surface area contributed by atoms with Crippen LogP contribution < -0.4 is 5.73 Å². The Labute approximate surface area is 95.8 Å². The number of hydrogen-bond donors (Lipinski definition) is 2. The van der Waals surface area contributed by atoms with Gasteiger partial charge in [0.05, 0.1) is 5.56 Å². The quantitative estimate of drug-likeness (QED) is 0.789. The Morgan fingerprint density at radius 2 is 2.38 bits per heavy atom. The predicted molar refractivity (Wildman–Crippen MR) is 63.5 cm³/mol. The third-order valence-electron chi connectivity index (χ3n) is 3.37. The molecule has 0 radical (unpaired) electrons. The van der Waals surface area contributed by atoms with E-state index in [1.807, 2.05) is 13.0 Å². The fourth-order valence-electron chi connectivity index (χ4n) is 2.48. The molecular formula is C12H19N3O. The van der Waals surface area contributed by atoms with Crippen molar-refractivity contribution in [3.63, 3.8) is 0 Å². The lowest BCUT2D eigenvalue weighted by Gasteiger charge is -2.29. The third-order valence-corrected chi connectivity index (χ3v) is 3.37. The summed E-state index contributed by atoms with van der Waals surface area (Å²) in [6.07, 6.45) is 2.40. The number of carbonyl (C=O) groups excluding carboxylic acids is 1. The zero-order valence-corrected chi connectivity index (χ0v) is 9.92. The number of carbonyl (C=O) groups is 1. The molecule has 1 fully saturated rings. The van der Waals surface area contributed by atoms with E-state index in [0.717, 1.165) is 17.9 Å². The van der Waals surface area contributed by atoms with Crippen LogP contribution in [0.25, 0.3) is 0 Å². The van der Waals surface area contributed by atoms with Crippen LogP contribution in [0.15, 0.2) is 6.07 Å². The van der Waals surface area contributed by atoms with Crippen LogP contribution in [0, 0.1) is 6.92 Å². The van der Waals surface area contributed by atoms with Gasteiger partial charge in [-0.25, -0.2) is 0 Å². The molecule has 0 aromatic carbocycles. The number of likely N-dealkylation sites (N-methyl/N-ethyl adjacent to an activating group) is 1. The molecule has 1 unspecified atom stereocenters. The van der Waals surface area contributed by atoms with E-state index in [0.29, 0.717) is 11.5 Å². The van der Waals surface area contributed by atoms with Crippen molar-refractivity contribution in [1.29, 1.82) is 0 Å². The first-order valence-electron chi connectivity index (χ1n) is 5.75. The van der Waals surface area contributed by atoms with Gasteiger partial charge in [0.25, 0.3) is 5.91 Å². The number of H-pyrrole nitrogens is 1. The van der Waals surface area contributed by atoms with Gasteiger partial charge in [0.1, 0.15) is 0 Å². The number of nitrogens with zero attached hydrogens (tertiary/aromatic N) is 1. The molecule has 1 aliphatic heterocycles. The molecule has 88 valence electrons. The van der Waals surface area contributed by atoms with Crippen LogP contribution in [0.4, 0.5) is 0 Å². The Balaban J connectivity index is 2.20. The second-order valence-corrected chi connectivity index (χ2v) is 4.73. The number of primary amides is 1. The van der Waals surface area contributed by atoms with E-state index in [1.165, 1.54) is 19.4 Å². The minimum Gasteiger partial charge on any atom is -0.366 e. The fourth-order valence-corrected chi connectivity index (χ4v) is 2.48. The minimum absolute atomic E-state index is 0.343. The zero-order chi connectivity index (χ0) is 11.7. The van der Waals surface area contributed by atoms with E-state index in [1.54, 1.807) is 0 Å². The summed E-state index contributed by atoms with van der Waals surface area (Å²) < 4.78 is 0. The summed E-state index contributed by atoms with van der Waals surface area (Å²) in [7, 11) is 2.14. The lowest BCUT2D eigenvalue weighted by atomic mass is 9.95. The smallest absolute Gasteiger partial charge is 0.250 e. The molecule has 0 bridgehead atoms. The number of hydrogen-bond acceptors (Lipinski definition) is 2. The van der Waals surface area contributed by atoms with Crippen molar-refractivity contribution >= 4 is 5.91 Å². The summed E-state index contributed by atoms with van der Waals surface area (Å²) in [5.41, 5.74) is 7.98. The normalized spacial score (nSPS) is 22.2. The molecule has 1 saturated heterocycles. The average Bonchev–Trinajstić information content (AvgIpc) is 2.60. The fraction of sp³-hybridized carbons (Fsp3) is 0.583. The van der Waals surface area contributed by atoms with Crippen LogP contribution >= 0.6 is 0 Å². The summed E-state index contributed by atoms with van der Waals surface area (Å²) in [6.45, 7) is 4.12. The number of nitrogens with one attached hydrogen (secondary N) is 1. The Kier molecular flexibility index (Phi) is 3.01. The van der Waals surface area contributed by atoms with E-state index < -0.39 is 0 Å². The summed E-state index contributed by atoms with van der Waals surface area (Å²) in [4.78, 5) is 16.8. The second kappa shape index (κ2) is 4.29. The van der Waals surface area contributed by atoms with E-state index in [9.17, 15) is 4.79 Å². The van der Waals surface area contributed by atoms with Gasteiger partial charge in [0.15, 0.2) is 0 Å². The molecule has 4 heteroatoms. The molecule has 0 saturated carbocycles. The van der Waals surface area contributed by atoms with Gasteiger partial charge in [-0.2, -0.15) is 0 Å². The first-order chi connectivity index (χ1) is 7.58. The van der Waals surface area contributed by atoms with Gasteiger partial charge in [0.2, 0.25) is 0 Å². The van der Waals surface area contributed by atoms with E-state index in [-0.39, 0.29) is 5.91 Å². The Morgan fingerprint density at radius 1 is 1.62 bits per heavy atom. The second-order valence-electron chi connectivity index (χ2n) is 4.73. The molecular weight excluding hydrogens is 202 g/mol. The molecule has 0 aliphatic carbocycles. The lowest BCUT2D eigenvalue weighted by molar-refractivity contribution is 0.1000. The number of nitrogens with two attached hydrogens (primary N) is 1. The van der Waals surface area contributed by atoms with E-state index >= 15 is 0 Å². The van der Waals surface area contributed by atoms with Gasteiger partial charge in [-0.05, 0) is 39.4 Å². The number of amides is 1. The number of piperidine rings is 1. The van der Waals surface area contributed by atoms with Crippen molar-refractivity contribution in [2.45, 2.75) is 25.7 Å². The summed E-state index contributed by atoms with van der Waals surface area (Å²) in [6, 6.07) is 1.92. The molecule has 1 atom stereocenters. The van der Waals surface area contributed by atoms with Gasteiger partial charge in [-0.1, -0.05) is 0 Å². The molecule has 0 spiro atoms. The highest BCUT2D eigenvalue weighted by Gasteiger charge is 2.21. The lowest BCUT2D eigenvalue weighted by Crippen LogP contribution is -2.30. The Bertz CT molecular complexity index is 397. The van der Waals surface area contributed by atoms with Crippen LogP contribution in [0.1, 0.15) is 40.5 Å². The monoisotopic (exact) mass is 221 g/mol. The molecule has 16 heavy (non-hydrogen) atoms. The molecule has 1 aliphatic rings. The topological polar surface area (TPSA) is 62.1 Å². The minimum atomic E-state index is -0.343. The number of aromatic nitrogens is 1. The van der Waals surface area contributed by atoms with Crippen LogP contribution in [-0.2, 0) is 0 Å². The van der Waals surface area contributed by atoms with E-state index in [4.69, 9.17) is 5.73 Å². The first-order valence-corrected chi connectivity index (χ1v) is 5.75. The molecule has 2 heterocycles. The van der Waals surface area contributed by atoms with Crippen molar-refractivity contribution in [3.05, 3.63) is 23.0 Å². The molecule has 1 aromatic rings. The first kappa shape index (κ1) is 11.2. The highest BCUT2D eigenvalue weighted by molar-refractivity contribution is 5.94.